The van der Waals surface area contributed by atoms with Crippen LogP contribution < -0.4 is 4.74 Å². The van der Waals surface area contributed by atoms with Gasteiger partial charge >= 0.3 is 5.97 Å². The molecule has 1 N–H and O–H groups in total. The highest BCUT2D eigenvalue weighted by molar-refractivity contribution is 5.91. The van der Waals surface area contributed by atoms with E-state index < -0.39 is 5.60 Å². The number of ether oxygens (including phenoxy) is 3. The average molecular weight is 447 g/mol. The maximum Gasteiger partial charge on any atom is 0.339 e. The van der Waals surface area contributed by atoms with E-state index in [9.17, 15) is 9.90 Å². The lowest BCUT2D eigenvalue weighted by Gasteiger charge is -2.56. The van der Waals surface area contributed by atoms with Crippen molar-refractivity contribution in [2.24, 2.45) is 5.92 Å². The Morgan fingerprint density at radius 2 is 1.79 bits per heavy atom. The molecule has 1 spiro atoms. The SMILES string of the molecule is CCOC1=C[C@]2(OC(=O)c3ccccc3)c3c(OCC)c(O)c4c(c3[C@@]23CCC[C@@H]13)CCC4. The quantitative estimate of drug-likeness (QED) is 0.609. The zero-order valence-corrected chi connectivity index (χ0v) is 19.3. The second kappa shape index (κ2) is 7.28. The number of carbonyl (C=O) groups excluding carboxylic acids is 1. The minimum absolute atomic E-state index is 0.178. The number of aromatic hydroxyl groups is 1. The fourth-order valence-electron chi connectivity index (χ4n) is 7.17. The molecule has 6 rings (SSSR count). The van der Waals surface area contributed by atoms with Gasteiger partial charge in [0.25, 0.3) is 0 Å². The zero-order chi connectivity index (χ0) is 22.8. The van der Waals surface area contributed by atoms with Gasteiger partial charge in [-0.3, -0.25) is 0 Å². The Balaban J connectivity index is 1.60. The molecule has 4 aliphatic carbocycles. The topological polar surface area (TPSA) is 65.0 Å². The summed E-state index contributed by atoms with van der Waals surface area (Å²) in [5.74, 6) is 1.45. The van der Waals surface area contributed by atoms with Gasteiger partial charge in [0, 0.05) is 17.6 Å². The van der Waals surface area contributed by atoms with Gasteiger partial charge in [-0.2, -0.15) is 0 Å². The van der Waals surface area contributed by atoms with Crippen LogP contribution in [0.3, 0.4) is 0 Å². The van der Waals surface area contributed by atoms with Gasteiger partial charge in [0.1, 0.15) is 5.76 Å². The number of phenols is 1. The Morgan fingerprint density at radius 3 is 2.55 bits per heavy atom. The number of fused-ring (bicyclic) bond motifs is 4. The van der Waals surface area contributed by atoms with Gasteiger partial charge in [-0.15, -0.1) is 0 Å². The van der Waals surface area contributed by atoms with Crippen molar-refractivity contribution in [2.45, 2.75) is 63.4 Å². The van der Waals surface area contributed by atoms with Crippen LogP contribution in [-0.4, -0.2) is 24.3 Å². The summed E-state index contributed by atoms with van der Waals surface area (Å²) in [6, 6.07) is 9.14. The van der Waals surface area contributed by atoms with Gasteiger partial charge in [0.2, 0.25) is 0 Å². The second-order valence-electron chi connectivity index (χ2n) is 9.56. The molecule has 33 heavy (non-hydrogen) atoms. The van der Waals surface area contributed by atoms with Crippen molar-refractivity contribution in [3.05, 3.63) is 70.0 Å². The third-order valence-corrected chi connectivity index (χ3v) is 8.19. The maximum absolute atomic E-state index is 13.4. The Morgan fingerprint density at radius 1 is 1.03 bits per heavy atom. The smallest absolute Gasteiger partial charge is 0.339 e. The fraction of sp³-hybridized carbons (Fsp3) is 0.464. The van der Waals surface area contributed by atoms with E-state index in [1.807, 2.05) is 38.1 Å². The minimum Gasteiger partial charge on any atom is -0.504 e. The van der Waals surface area contributed by atoms with Crippen LogP contribution >= 0.6 is 0 Å². The first-order valence-electron chi connectivity index (χ1n) is 12.3. The molecule has 0 aliphatic heterocycles. The molecule has 2 aromatic rings. The number of phenolic OH excluding ortho intramolecular Hbond substituents is 1. The molecule has 2 aromatic carbocycles. The second-order valence-corrected chi connectivity index (χ2v) is 9.56. The maximum atomic E-state index is 13.4. The fourth-order valence-corrected chi connectivity index (χ4v) is 7.17. The molecule has 5 heteroatoms. The van der Waals surface area contributed by atoms with Crippen LogP contribution in [0, 0.1) is 5.92 Å². The highest BCUT2D eigenvalue weighted by atomic mass is 16.6. The number of rotatable bonds is 6. The van der Waals surface area contributed by atoms with Crippen LogP contribution in [-0.2, 0) is 33.3 Å². The normalized spacial score (nSPS) is 28.2. The van der Waals surface area contributed by atoms with Crippen molar-refractivity contribution in [1.29, 1.82) is 0 Å². The number of hydrogen-bond acceptors (Lipinski definition) is 5. The lowest BCUT2D eigenvalue weighted by Crippen LogP contribution is -2.59. The minimum atomic E-state index is -0.986. The number of carbonyl (C=O) groups is 1. The van der Waals surface area contributed by atoms with Crippen LogP contribution in [0.5, 0.6) is 11.5 Å². The molecular formula is C28H30O5. The summed E-state index contributed by atoms with van der Waals surface area (Å²) < 4.78 is 18.7. The first-order valence-corrected chi connectivity index (χ1v) is 12.3. The van der Waals surface area contributed by atoms with Crippen LogP contribution in [0.1, 0.15) is 72.1 Å². The van der Waals surface area contributed by atoms with E-state index in [0.29, 0.717) is 24.5 Å². The van der Waals surface area contributed by atoms with Gasteiger partial charge < -0.3 is 19.3 Å². The summed E-state index contributed by atoms with van der Waals surface area (Å²) in [5, 5.41) is 11.3. The largest absolute Gasteiger partial charge is 0.504 e. The molecular weight excluding hydrogens is 416 g/mol. The summed E-state index contributed by atoms with van der Waals surface area (Å²) in [7, 11) is 0. The van der Waals surface area contributed by atoms with Gasteiger partial charge in [0.05, 0.1) is 29.8 Å². The Labute approximate surface area is 194 Å². The first-order chi connectivity index (χ1) is 16.1. The zero-order valence-electron chi connectivity index (χ0n) is 19.3. The highest BCUT2D eigenvalue weighted by Crippen LogP contribution is 2.76. The van der Waals surface area contributed by atoms with E-state index in [4.69, 9.17) is 14.2 Å². The lowest BCUT2D eigenvalue weighted by molar-refractivity contribution is -0.0656. The molecule has 1 saturated carbocycles. The molecule has 0 amide bonds. The molecule has 0 radical (unpaired) electrons. The van der Waals surface area contributed by atoms with Gasteiger partial charge in [-0.1, -0.05) is 24.6 Å². The molecule has 1 fully saturated rings. The summed E-state index contributed by atoms with van der Waals surface area (Å²) in [6.45, 7) is 4.91. The summed E-state index contributed by atoms with van der Waals surface area (Å²) in [6.07, 6.45) is 7.86. The van der Waals surface area contributed by atoms with E-state index in [1.54, 1.807) is 12.1 Å². The van der Waals surface area contributed by atoms with Crippen molar-refractivity contribution < 1.29 is 24.1 Å². The number of hydrogen-bond donors (Lipinski definition) is 1. The van der Waals surface area contributed by atoms with Crippen LogP contribution in [0.2, 0.25) is 0 Å². The van der Waals surface area contributed by atoms with Gasteiger partial charge in [-0.25, -0.2) is 4.79 Å². The van der Waals surface area contributed by atoms with Crippen molar-refractivity contribution in [3.8, 4) is 11.5 Å². The van der Waals surface area contributed by atoms with Gasteiger partial charge in [0.15, 0.2) is 17.1 Å². The Kier molecular flexibility index (Phi) is 4.55. The molecule has 0 unspecified atom stereocenters. The van der Waals surface area contributed by atoms with Crippen molar-refractivity contribution in [3.63, 3.8) is 0 Å². The van der Waals surface area contributed by atoms with E-state index in [-0.39, 0.29) is 23.1 Å². The monoisotopic (exact) mass is 446 g/mol. The molecule has 0 aromatic heterocycles. The molecule has 0 saturated heterocycles. The molecule has 5 nitrogen and oxygen atoms in total. The Bertz CT molecular complexity index is 1170. The van der Waals surface area contributed by atoms with Gasteiger partial charge in [-0.05, 0) is 69.2 Å². The molecule has 0 bridgehead atoms. The third kappa shape index (κ3) is 2.45. The van der Waals surface area contributed by atoms with Crippen LogP contribution in [0.25, 0.3) is 0 Å². The van der Waals surface area contributed by atoms with E-state index in [1.165, 1.54) is 11.1 Å². The predicted molar refractivity (Wildman–Crippen MR) is 124 cm³/mol. The predicted octanol–water partition coefficient (Wildman–Crippen LogP) is 5.32. The van der Waals surface area contributed by atoms with E-state index in [0.717, 1.165) is 55.4 Å². The molecule has 4 aliphatic rings. The van der Waals surface area contributed by atoms with Crippen molar-refractivity contribution >= 4 is 5.97 Å². The first kappa shape index (κ1) is 20.6. The standard InChI is InChI=1S/C28H30O5/c1-3-31-21-16-28(33-26(30)17-10-6-5-7-11-17)23-22(27(28)15-9-14-20(21)27)18-12-8-13-19(18)24(29)25(23)32-4-2/h5-7,10-11,16,20,29H,3-4,8-9,12-15H2,1-2H3/t20-,27-,28-/m0/s1. The highest BCUT2D eigenvalue weighted by Gasteiger charge is 2.76. The van der Waals surface area contributed by atoms with E-state index in [2.05, 4.69) is 0 Å². The average Bonchev–Trinajstić information content (AvgIpc) is 3.53. The Hall–Kier alpha value is -2.95. The lowest BCUT2D eigenvalue weighted by atomic mass is 9.50. The van der Waals surface area contributed by atoms with E-state index >= 15 is 0 Å². The number of esters is 1. The summed E-state index contributed by atoms with van der Waals surface area (Å²) in [5.41, 5.74) is 3.55. The van der Waals surface area contributed by atoms with Crippen LogP contribution in [0.4, 0.5) is 0 Å². The summed E-state index contributed by atoms with van der Waals surface area (Å²) in [4.78, 5) is 13.4. The number of benzene rings is 2. The molecule has 3 atom stereocenters. The van der Waals surface area contributed by atoms with Crippen molar-refractivity contribution in [1.82, 2.24) is 0 Å². The van der Waals surface area contributed by atoms with Crippen molar-refractivity contribution in [2.75, 3.05) is 13.2 Å². The molecule has 0 heterocycles. The number of allylic oxidation sites excluding steroid dienone is 1. The third-order valence-electron chi connectivity index (χ3n) is 8.19. The summed E-state index contributed by atoms with van der Waals surface area (Å²) >= 11 is 0. The molecule has 172 valence electrons. The van der Waals surface area contributed by atoms with Crippen LogP contribution in [0.15, 0.2) is 42.2 Å².